The second-order valence-electron chi connectivity index (χ2n) is 15.5. The van der Waals surface area contributed by atoms with Gasteiger partial charge >= 0.3 is 13.6 Å². The number of nitrogens with one attached hydrogen (secondary N) is 1. The first-order chi connectivity index (χ1) is 23.3. The zero-order valence-corrected chi connectivity index (χ0v) is 29.6. The van der Waals surface area contributed by atoms with Gasteiger partial charge in [0.1, 0.15) is 18.4 Å². The van der Waals surface area contributed by atoms with Crippen molar-refractivity contribution in [3.05, 3.63) is 53.6 Å². The van der Waals surface area contributed by atoms with Crippen molar-refractivity contribution >= 4 is 47.1 Å². The molecule has 0 bridgehead atoms. The molecule has 2 fully saturated rings. The van der Waals surface area contributed by atoms with Crippen LogP contribution in [0, 0.1) is 11.8 Å². The summed E-state index contributed by atoms with van der Waals surface area (Å²) in [5, 5.41) is 15.6. The summed E-state index contributed by atoms with van der Waals surface area (Å²) in [7, 11) is 3.01. The van der Waals surface area contributed by atoms with Crippen molar-refractivity contribution < 1.29 is 28.8 Å². The van der Waals surface area contributed by atoms with Gasteiger partial charge in [-0.25, -0.2) is 4.79 Å². The zero-order valence-electron chi connectivity index (χ0n) is 29.6. The summed E-state index contributed by atoms with van der Waals surface area (Å²) in [4.78, 5) is 33.7. The summed E-state index contributed by atoms with van der Waals surface area (Å²) in [6.07, 6.45) is 4.22. The Hall–Kier alpha value is -3.89. The third-order valence-corrected chi connectivity index (χ3v) is 11.5. The lowest BCUT2D eigenvalue weighted by Gasteiger charge is -2.37. The topological polar surface area (TPSA) is 110 Å². The number of aliphatic hydroxyl groups is 1. The van der Waals surface area contributed by atoms with Crippen LogP contribution < -0.4 is 15.5 Å². The first kappa shape index (κ1) is 33.6. The number of methoxy groups -OCH3 is 1. The number of hydrogen-bond acceptors (Lipinski definition) is 7. The van der Waals surface area contributed by atoms with Crippen LogP contribution in [-0.4, -0.2) is 71.6 Å². The molecule has 3 heterocycles. The maximum atomic E-state index is 14.2. The molecule has 9 nitrogen and oxygen atoms in total. The second-order valence-corrected chi connectivity index (χ2v) is 15.5. The average Bonchev–Trinajstić information content (AvgIpc) is 3.79. The van der Waals surface area contributed by atoms with E-state index in [-0.39, 0.29) is 23.9 Å². The number of rotatable bonds is 8. The van der Waals surface area contributed by atoms with Gasteiger partial charge in [0, 0.05) is 23.7 Å². The second kappa shape index (κ2) is 12.5. The minimum Gasteiger partial charge on any atom is -0.488 e. The number of benzene rings is 3. The van der Waals surface area contributed by atoms with Crippen molar-refractivity contribution in [3.63, 3.8) is 0 Å². The molecule has 1 saturated heterocycles. The van der Waals surface area contributed by atoms with Crippen molar-refractivity contribution in [1.29, 1.82) is 0 Å². The largest absolute Gasteiger partial charge is 0.488 e. The van der Waals surface area contributed by atoms with Gasteiger partial charge in [0.25, 0.3) is 0 Å². The minimum atomic E-state index is -1.01. The third kappa shape index (κ3) is 6.01. The number of ether oxygens (including phenoxy) is 2. The van der Waals surface area contributed by atoms with E-state index >= 15 is 0 Å². The molecule has 2 N–H and O–H groups in total. The van der Waals surface area contributed by atoms with E-state index in [9.17, 15) is 14.7 Å². The van der Waals surface area contributed by atoms with E-state index in [0.29, 0.717) is 18.9 Å². The average molecular weight is 665 g/mol. The van der Waals surface area contributed by atoms with Crippen LogP contribution in [0.4, 0.5) is 10.5 Å². The highest BCUT2D eigenvalue weighted by atomic mass is 16.5. The molecular formula is C39H47BN3O6. The molecule has 2 amide bonds. The monoisotopic (exact) mass is 664 g/mol. The zero-order chi connectivity index (χ0) is 34.8. The fourth-order valence-corrected chi connectivity index (χ4v) is 7.93. The Morgan fingerprint density at radius 1 is 1.08 bits per heavy atom. The molecule has 1 saturated carbocycles. The van der Waals surface area contributed by atoms with Crippen LogP contribution in [0.5, 0.6) is 5.75 Å². The van der Waals surface area contributed by atoms with Crippen molar-refractivity contribution in [2.24, 2.45) is 16.8 Å². The number of aliphatic imine (C=N–C) groups is 1. The highest BCUT2D eigenvalue weighted by Gasteiger charge is 2.50. The molecule has 1 aliphatic carbocycles. The summed E-state index contributed by atoms with van der Waals surface area (Å²) in [5.41, 5.74) is 5.59. The van der Waals surface area contributed by atoms with Crippen LogP contribution >= 0.6 is 0 Å². The van der Waals surface area contributed by atoms with Crippen LogP contribution in [0.15, 0.2) is 47.5 Å². The first-order valence-electron chi connectivity index (χ1n) is 17.6. The lowest BCUT2D eigenvalue weighted by Crippen LogP contribution is -2.56. The van der Waals surface area contributed by atoms with E-state index in [0.717, 1.165) is 75.8 Å². The summed E-state index contributed by atoms with van der Waals surface area (Å²) >= 11 is 0. The van der Waals surface area contributed by atoms with E-state index in [1.54, 1.807) is 21.3 Å². The van der Waals surface area contributed by atoms with Gasteiger partial charge in [-0.1, -0.05) is 38.5 Å². The molecular weight excluding hydrogens is 617 g/mol. The number of amides is 2. The standard InChI is InChI=1S/C39H47BN3O6/c1-21(2)35(42-37(45)47-7)36(44)43-32-10-8-9-23(32)17-33(43)31-19-29-27-16-24-20-48-34-18-25(40-49-39(5,6)38(3,4)46)12-13-26(34)28(24)15-22(27)11-14-30(29)41-31/h11-16,18,21,23,32-33,35,46H,8-10,17,19-20H2,1-7H3,(H,42,45)/t23-,32-,33-,35-/m0/s1. The van der Waals surface area contributed by atoms with Gasteiger partial charge in [-0.2, -0.15) is 0 Å². The lowest BCUT2D eigenvalue weighted by molar-refractivity contribution is -0.136. The Morgan fingerprint density at radius 3 is 2.61 bits per heavy atom. The normalized spacial score (nSPS) is 21.8. The minimum absolute atomic E-state index is 0.0403. The predicted octanol–water partition coefficient (Wildman–Crippen LogP) is 5.99. The van der Waals surface area contributed by atoms with E-state index in [1.807, 2.05) is 39.8 Å². The highest BCUT2D eigenvalue weighted by molar-refractivity contribution is 6.47. The number of hydrogen-bond donors (Lipinski definition) is 2. The van der Waals surface area contributed by atoms with Gasteiger partial charge in [-0.3, -0.25) is 9.79 Å². The summed E-state index contributed by atoms with van der Waals surface area (Å²) < 4.78 is 17.1. The van der Waals surface area contributed by atoms with Crippen molar-refractivity contribution in [3.8, 4) is 16.9 Å². The predicted molar refractivity (Wildman–Crippen MR) is 192 cm³/mol. The number of fused-ring (bicyclic) bond motifs is 7. The van der Waals surface area contributed by atoms with Crippen LogP contribution in [0.3, 0.4) is 0 Å². The van der Waals surface area contributed by atoms with Gasteiger partial charge < -0.3 is 29.5 Å². The molecule has 0 aromatic heterocycles. The summed E-state index contributed by atoms with van der Waals surface area (Å²) in [6, 6.07) is 14.2. The molecule has 3 aromatic rings. The van der Waals surface area contributed by atoms with Gasteiger partial charge in [-0.15, -0.1) is 0 Å². The number of carbonyl (C=O) groups is 2. The number of alkyl carbamates (subject to hydrolysis) is 1. The Morgan fingerprint density at radius 2 is 1.88 bits per heavy atom. The van der Waals surface area contributed by atoms with Gasteiger partial charge in [0.15, 0.2) is 0 Å². The fraction of sp³-hybridized carbons (Fsp3) is 0.513. The Bertz CT molecular complexity index is 1850. The number of likely N-dealkylation sites (tertiary alicyclic amines) is 1. The van der Waals surface area contributed by atoms with E-state index in [1.165, 1.54) is 12.7 Å². The van der Waals surface area contributed by atoms with Gasteiger partial charge in [0.05, 0.1) is 30.0 Å². The molecule has 49 heavy (non-hydrogen) atoms. The Labute approximate surface area is 289 Å². The SMILES string of the molecule is COC(=O)N[C@H](C(=O)N1[C@H](C2=Nc3ccc4cc5c(cc4c3C2)COc2cc([B]OC(C)(C)C(C)(C)O)ccc2-5)C[C@@H]2CCC[C@@H]21)C(C)C. The smallest absolute Gasteiger partial charge is 0.407 e. The fourth-order valence-electron chi connectivity index (χ4n) is 7.93. The highest BCUT2D eigenvalue weighted by Crippen LogP contribution is 2.46. The molecule has 10 heteroatoms. The van der Waals surface area contributed by atoms with E-state index in [2.05, 4.69) is 40.5 Å². The first-order valence-corrected chi connectivity index (χ1v) is 17.6. The molecule has 257 valence electrons. The molecule has 0 unspecified atom stereocenters. The Kier molecular flexibility index (Phi) is 8.55. The maximum Gasteiger partial charge on any atom is 0.407 e. The van der Waals surface area contributed by atoms with Crippen LogP contribution in [0.25, 0.3) is 21.9 Å². The van der Waals surface area contributed by atoms with E-state index in [4.69, 9.17) is 19.1 Å². The molecule has 3 aromatic carbocycles. The molecule has 7 rings (SSSR count). The lowest BCUT2D eigenvalue weighted by atomic mass is 9.81. The quantitative estimate of drug-likeness (QED) is 0.287. The number of carbonyl (C=O) groups excluding carboxylic acids is 2. The van der Waals surface area contributed by atoms with Crippen molar-refractivity contribution in [1.82, 2.24) is 10.2 Å². The van der Waals surface area contributed by atoms with Crippen LogP contribution in [-0.2, 0) is 27.2 Å². The number of nitrogens with zero attached hydrogens (tertiary/aromatic N) is 2. The molecule has 4 atom stereocenters. The molecule has 1 radical (unpaired) electrons. The van der Waals surface area contributed by atoms with Crippen LogP contribution in [0.1, 0.15) is 78.4 Å². The van der Waals surface area contributed by atoms with Crippen molar-refractivity contribution in [2.75, 3.05) is 7.11 Å². The molecule has 0 spiro atoms. The molecule has 3 aliphatic heterocycles. The maximum absolute atomic E-state index is 14.2. The van der Waals surface area contributed by atoms with Crippen LogP contribution in [0.2, 0.25) is 0 Å². The van der Waals surface area contributed by atoms with Crippen molar-refractivity contribution in [2.45, 2.75) is 110 Å². The summed E-state index contributed by atoms with van der Waals surface area (Å²) in [6.45, 7) is 11.6. The third-order valence-electron chi connectivity index (χ3n) is 11.5. The van der Waals surface area contributed by atoms with E-state index < -0.39 is 23.3 Å². The summed E-state index contributed by atoms with van der Waals surface area (Å²) in [5.74, 6) is 1.13. The Balaban J connectivity index is 1.15. The van der Waals surface area contributed by atoms with Gasteiger partial charge in [0.2, 0.25) is 5.91 Å². The van der Waals surface area contributed by atoms with Gasteiger partial charge in [-0.05, 0) is 116 Å². The molecule has 4 aliphatic rings.